The summed E-state index contributed by atoms with van der Waals surface area (Å²) in [5.41, 5.74) is 3.31. The van der Waals surface area contributed by atoms with Crippen LogP contribution in [0.15, 0.2) is 114 Å². The highest BCUT2D eigenvalue weighted by Crippen LogP contribution is 2.30. The van der Waals surface area contributed by atoms with E-state index in [0.29, 0.717) is 46.0 Å². The number of fused-ring (bicyclic) bond motifs is 1. The van der Waals surface area contributed by atoms with E-state index in [9.17, 15) is 9.59 Å². The fraction of sp³-hybridized carbons (Fsp3) is 0.0625. The van der Waals surface area contributed by atoms with Crippen LogP contribution in [0, 0.1) is 6.92 Å². The third-order valence-corrected chi connectivity index (χ3v) is 5.84. The zero-order valence-corrected chi connectivity index (χ0v) is 20.2. The minimum absolute atomic E-state index is 0.103. The van der Waals surface area contributed by atoms with E-state index < -0.39 is 5.97 Å². The third kappa shape index (κ3) is 5.68. The van der Waals surface area contributed by atoms with Gasteiger partial charge in [0.25, 0.3) is 0 Å². The Labute approximate surface area is 214 Å². The fourth-order valence-corrected chi connectivity index (χ4v) is 3.99. The lowest BCUT2D eigenvalue weighted by molar-refractivity contribution is 0.0734. The van der Waals surface area contributed by atoms with Crippen molar-refractivity contribution in [3.63, 3.8) is 0 Å². The normalized spacial score (nSPS) is 11.1. The summed E-state index contributed by atoms with van der Waals surface area (Å²) >= 11 is 0. The molecule has 0 saturated heterocycles. The maximum Gasteiger partial charge on any atom is 0.347 e. The van der Waals surface area contributed by atoms with Gasteiger partial charge in [0.2, 0.25) is 0 Å². The molecule has 0 radical (unpaired) electrons. The van der Waals surface area contributed by atoms with Crippen molar-refractivity contribution in [3.8, 4) is 11.5 Å². The van der Waals surface area contributed by atoms with Crippen LogP contribution in [0.4, 0.5) is 0 Å². The lowest BCUT2D eigenvalue weighted by Gasteiger charge is -2.07. The van der Waals surface area contributed by atoms with Crippen molar-refractivity contribution < 1.29 is 23.5 Å². The van der Waals surface area contributed by atoms with Crippen molar-refractivity contribution in [2.45, 2.75) is 13.5 Å². The van der Waals surface area contributed by atoms with Crippen molar-refractivity contribution >= 4 is 28.8 Å². The van der Waals surface area contributed by atoms with Gasteiger partial charge >= 0.3 is 5.97 Å². The van der Waals surface area contributed by atoms with Gasteiger partial charge in [0.05, 0.1) is 0 Å². The van der Waals surface area contributed by atoms with Gasteiger partial charge in [-0.25, -0.2) is 4.79 Å². The molecule has 0 spiro atoms. The molecule has 0 aliphatic rings. The van der Waals surface area contributed by atoms with E-state index in [1.54, 1.807) is 55.5 Å². The first-order valence-corrected chi connectivity index (χ1v) is 11.9. The largest absolute Gasteiger partial charge is 0.489 e. The van der Waals surface area contributed by atoms with Crippen LogP contribution in [0.25, 0.3) is 17.0 Å². The standard InChI is InChI=1S/C32H24O5/c1-22-31(28-20-26(16-18-30(28)36-22)35-21-24-9-4-2-5-10-24)32(34)37-27-14-8-11-23(19-27)15-17-29(33)25-12-6-3-7-13-25/h2-20H,21H2,1H3. The number of benzene rings is 4. The molecule has 0 aliphatic heterocycles. The third-order valence-electron chi connectivity index (χ3n) is 5.84. The molecule has 182 valence electrons. The zero-order valence-electron chi connectivity index (χ0n) is 20.2. The molecular weight excluding hydrogens is 464 g/mol. The summed E-state index contributed by atoms with van der Waals surface area (Å²) in [6.07, 6.45) is 3.20. The molecule has 1 heterocycles. The van der Waals surface area contributed by atoms with Crippen molar-refractivity contribution in [2.24, 2.45) is 0 Å². The molecule has 1 aromatic heterocycles. The predicted molar refractivity (Wildman–Crippen MR) is 143 cm³/mol. The second-order valence-electron chi connectivity index (χ2n) is 8.49. The van der Waals surface area contributed by atoms with Crippen LogP contribution in [0.5, 0.6) is 11.5 Å². The Morgan fingerprint density at radius 2 is 1.57 bits per heavy atom. The van der Waals surface area contributed by atoms with Gasteiger partial charge in [-0.2, -0.15) is 0 Å². The number of esters is 1. The molecule has 0 bridgehead atoms. The SMILES string of the molecule is Cc1oc2ccc(OCc3ccccc3)cc2c1C(=O)Oc1cccc(C=CC(=O)c2ccccc2)c1. The Morgan fingerprint density at radius 3 is 2.35 bits per heavy atom. The second-order valence-corrected chi connectivity index (χ2v) is 8.49. The highest BCUT2D eigenvalue weighted by atomic mass is 16.5. The fourth-order valence-electron chi connectivity index (χ4n) is 3.99. The van der Waals surface area contributed by atoms with E-state index in [-0.39, 0.29) is 5.78 Å². The number of allylic oxidation sites excluding steroid dienone is 1. The van der Waals surface area contributed by atoms with Gasteiger partial charge in [0.1, 0.15) is 35.0 Å². The van der Waals surface area contributed by atoms with Gasteiger partial charge in [-0.3, -0.25) is 4.79 Å². The van der Waals surface area contributed by atoms with Crippen LogP contribution in [0.3, 0.4) is 0 Å². The monoisotopic (exact) mass is 488 g/mol. The summed E-state index contributed by atoms with van der Waals surface area (Å²) in [5, 5.41) is 0.623. The highest BCUT2D eigenvalue weighted by Gasteiger charge is 2.21. The maximum atomic E-state index is 13.2. The molecule has 5 aromatic rings. The number of hydrogen-bond donors (Lipinski definition) is 0. The van der Waals surface area contributed by atoms with Gasteiger partial charge in [0, 0.05) is 10.9 Å². The van der Waals surface area contributed by atoms with Crippen LogP contribution < -0.4 is 9.47 Å². The number of rotatable bonds is 8. The van der Waals surface area contributed by atoms with E-state index in [4.69, 9.17) is 13.9 Å². The number of hydrogen-bond acceptors (Lipinski definition) is 5. The molecule has 37 heavy (non-hydrogen) atoms. The summed E-state index contributed by atoms with van der Waals surface area (Å²) < 4.78 is 17.4. The Balaban J connectivity index is 1.32. The van der Waals surface area contributed by atoms with Crippen LogP contribution >= 0.6 is 0 Å². The molecule has 0 amide bonds. The van der Waals surface area contributed by atoms with E-state index in [0.717, 1.165) is 11.1 Å². The molecule has 0 N–H and O–H groups in total. The lowest BCUT2D eigenvalue weighted by Crippen LogP contribution is -2.09. The Hall–Kier alpha value is -4.90. The summed E-state index contributed by atoms with van der Waals surface area (Å²) in [5.74, 6) is 0.822. The average Bonchev–Trinajstić information content (AvgIpc) is 3.27. The molecular formula is C32H24O5. The van der Waals surface area contributed by atoms with E-state index >= 15 is 0 Å². The smallest absolute Gasteiger partial charge is 0.347 e. The molecule has 0 atom stereocenters. The predicted octanol–water partition coefficient (Wildman–Crippen LogP) is 7.44. The minimum atomic E-state index is -0.530. The van der Waals surface area contributed by atoms with Crippen LogP contribution in [-0.2, 0) is 6.61 Å². The molecule has 5 heteroatoms. The van der Waals surface area contributed by atoms with Gasteiger partial charge in [0.15, 0.2) is 5.78 Å². The molecule has 4 aromatic carbocycles. The highest BCUT2D eigenvalue weighted by molar-refractivity contribution is 6.07. The number of aryl methyl sites for hydroxylation is 1. The van der Waals surface area contributed by atoms with Gasteiger partial charge < -0.3 is 13.9 Å². The first-order valence-electron chi connectivity index (χ1n) is 11.9. The molecule has 5 nitrogen and oxygen atoms in total. The van der Waals surface area contributed by atoms with E-state index in [2.05, 4.69) is 0 Å². The summed E-state index contributed by atoms with van der Waals surface area (Å²) in [4.78, 5) is 25.5. The minimum Gasteiger partial charge on any atom is -0.489 e. The van der Waals surface area contributed by atoms with Crippen molar-refractivity contribution in [2.75, 3.05) is 0 Å². The Morgan fingerprint density at radius 1 is 0.811 bits per heavy atom. The Kier molecular flexibility index (Phi) is 6.95. The number of furan rings is 1. The zero-order chi connectivity index (χ0) is 25.6. The second kappa shape index (κ2) is 10.8. The topological polar surface area (TPSA) is 65.7 Å². The van der Waals surface area contributed by atoms with Crippen LogP contribution in [0.1, 0.15) is 37.6 Å². The number of ketones is 1. The van der Waals surface area contributed by atoms with Crippen molar-refractivity contribution in [1.82, 2.24) is 0 Å². The van der Waals surface area contributed by atoms with Crippen molar-refractivity contribution in [3.05, 3.63) is 137 Å². The van der Waals surface area contributed by atoms with Gasteiger partial charge in [-0.05, 0) is 54.5 Å². The summed E-state index contributed by atoms with van der Waals surface area (Å²) in [6.45, 7) is 2.14. The van der Waals surface area contributed by atoms with Crippen molar-refractivity contribution in [1.29, 1.82) is 0 Å². The quantitative estimate of drug-likeness (QED) is 0.0983. The molecule has 0 unspecified atom stereocenters. The van der Waals surface area contributed by atoms with Gasteiger partial charge in [-0.1, -0.05) is 78.9 Å². The van der Waals surface area contributed by atoms with E-state index in [1.165, 1.54) is 6.08 Å². The maximum absolute atomic E-state index is 13.2. The van der Waals surface area contributed by atoms with E-state index in [1.807, 2.05) is 60.7 Å². The lowest BCUT2D eigenvalue weighted by atomic mass is 10.1. The van der Waals surface area contributed by atoms with Gasteiger partial charge in [-0.15, -0.1) is 0 Å². The molecule has 0 aliphatic carbocycles. The molecule has 0 fully saturated rings. The average molecular weight is 489 g/mol. The number of carbonyl (C=O) groups excluding carboxylic acids is 2. The number of ether oxygens (including phenoxy) is 2. The number of carbonyl (C=O) groups is 2. The first-order chi connectivity index (χ1) is 18.1. The summed E-state index contributed by atoms with van der Waals surface area (Å²) in [6, 6.07) is 31.3. The summed E-state index contributed by atoms with van der Waals surface area (Å²) in [7, 11) is 0. The molecule has 0 saturated carbocycles. The Bertz CT molecular complexity index is 1580. The first kappa shape index (κ1) is 23.8. The molecule has 5 rings (SSSR count). The van der Waals surface area contributed by atoms with Crippen LogP contribution in [0.2, 0.25) is 0 Å². The van der Waals surface area contributed by atoms with Crippen LogP contribution in [-0.4, -0.2) is 11.8 Å².